The summed E-state index contributed by atoms with van der Waals surface area (Å²) in [5.41, 5.74) is 1.37. The third kappa shape index (κ3) is 4.23. The van der Waals surface area contributed by atoms with Crippen molar-refractivity contribution in [3.8, 4) is 11.5 Å². The number of methoxy groups -OCH3 is 2. The topological polar surface area (TPSA) is 112 Å². The highest BCUT2D eigenvalue weighted by atomic mass is 32.2. The van der Waals surface area contributed by atoms with Crippen molar-refractivity contribution in [2.24, 2.45) is 4.40 Å². The lowest BCUT2D eigenvalue weighted by Crippen LogP contribution is -2.35. The van der Waals surface area contributed by atoms with Gasteiger partial charge in [0.25, 0.3) is 10.0 Å². The van der Waals surface area contributed by atoms with Crippen molar-refractivity contribution in [3.05, 3.63) is 47.5 Å². The van der Waals surface area contributed by atoms with Crippen molar-refractivity contribution < 1.29 is 32.2 Å². The van der Waals surface area contributed by atoms with Gasteiger partial charge in [-0.3, -0.25) is 4.79 Å². The number of benzene rings is 2. The van der Waals surface area contributed by atoms with Gasteiger partial charge in [0.1, 0.15) is 0 Å². The SMILES string of the molecule is COc1ccc(C(=O)COC(=O)c2ccc3c(c2)SC2=NS(=O)(=O)CCN23)cc1OC. The van der Waals surface area contributed by atoms with Crippen LogP contribution in [-0.2, 0) is 14.8 Å². The highest BCUT2D eigenvalue weighted by Crippen LogP contribution is 2.42. The average Bonchev–Trinajstić information content (AvgIpc) is 3.11. The smallest absolute Gasteiger partial charge is 0.338 e. The van der Waals surface area contributed by atoms with E-state index in [1.807, 2.05) is 0 Å². The number of ether oxygens (including phenoxy) is 3. The van der Waals surface area contributed by atoms with Gasteiger partial charge in [0.15, 0.2) is 29.1 Å². The maximum atomic E-state index is 12.5. The molecule has 2 aromatic rings. The fourth-order valence-corrected chi connectivity index (χ4v) is 5.46. The molecule has 0 aliphatic carbocycles. The Morgan fingerprint density at radius 1 is 1.06 bits per heavy atom. The average molecular weight is 463 g/mol. The molecule has 0 bridgehead atoms. The Morgan fingerprint density at radius 3 is 2.55 bits per heavy atom. The molecule has 0 radical (unpaired) electrons. The van der Waals surface area contributed by atoms with E-state index in [2.05, 4.69) is 4.40 Å². The molecule has 2 aliphatic rings. The second-order valence-corrected chi connectivity index (χ2v) is 9.43. The molecule has 0 saturated heterocycles. The van der Waals surface area contributed by atoms with Gasteiger partial charge in [-0.05, 0) is 48.2 Å². The number of hydrogen-bond donors (Lipinski definition) is 0. The van der Waals surface area contributed by atoms with E-state index in [9.17, 15) is 18.0 Å². The number of amidine groups is 1. The first-order valence-electron chi connectivity index (χ1n) is 9.16. The third-order valence-electron chi connectivity index (χ3n) is 4.75. The maximum Gasteiger partial charge on any atom is 0.338 e. The molecule has 0 fully saturated rings. The summed E-state index contributed by atoms with van der Waals surface area (Å²) in [6.45, 7) is -0.125. The lowest BCUT2D eigenvalue weighted by atomic mass is 10.1. The second-order valence-electron chi connectivity index (χ2n) is 6.67. The van der Waals surface area contributed by atoms with Crippen molar-refractivity contribution in [1.29, 1.82) is 0 Å². The summed E-state index contributed by atoms with van der Waals surface area (Å²) in [7, 11) is -0.498. The van der Waals surface area contributed by atoms with Crippen LogP contribution in [0.2, 0.25) is 0 Å². The van der Waals surface area contributed by atoms with Crippen LogP contribution in [0.3, 0.4) is 0 Å². The van der Waals surface area contributed by atoms with Gasteiger partial charge in [0, 0.05) is 17.0 Å². The Hall–Kier alpha value is -3.05. The van der Waals surface area contributed by atoms with Crippen molar-refractivity contribution in [2.45, 2.75) is 4.90 Å². The van der Waals surface area contributed by atoms with Gasteiger partial charge < -0.3 is 19.1 Å². The van der Waals surface area contributed by atoms with E-state index >= 15 is 0 Å². The van der Waals surface area contributed by atoms with Crippen LogP contribution >= 0.6 is 11.8 Å². The zero-order valence-electron chi connectivity index (χ0n) is 16.7. The number of hydrogen-bond acceptors (Lipinski definition) is 9. The zero-order chi connectivity index (χ0) is 22.2. The summed E-state index contributed by atoms with van der Waals surface area (Å²) < 4.78 is 42.7. The molecule has 0 amide bonds. The van der Waals surface area contributed by atoms with E-state index < -0.39 is 22.6 Å². The van der Waals surface area contributed by atoms with Crippen LogP contribution in [0.15, 0.2) is 45.7 Å². The van der Waals surface area contributed by atoms with Crippen LogP contribution in [0.1, 0.15) is 20.7 Å². The van der Waals surface area contributed by atoms with E-state index in [4.69, 9.17) is 14.2 Å². The number of sulfonamides is 1. The molecule has 0 N–H and O–H groups in total. The van der Waals surface area contributed by atoms with Gasteiger partial charge in [-0.25, -0.2) is 13.2 Å². The van der Waals surface area contributed by atoms with Crippen molar-refractivity contribution in [2.75, 3.05) is 38.0 Å². The standard InChI is InChI=1S/C20H18N2O7S2/c1-27-16-6-4-12(9-17(16)28-2)15(23)11-29-19(24)13-3-5-14-18(10-13)30-20-21-31(25,26)8-7-22(14)20/h3-6,9-10H,7-8,11H2,1-2H3. The predicted octanol–water partition coefficient (Wildman–Crippen LogP) is 2.36. The summed E-state index contributed by atoms with van der Waals surface area (Å²) in [5, 5.41) is 0.371. The van der Waals surface area contributed by atoms with E-state index in [1.165, 1.54) is 32.0 Å². The quantitative estimate of drug-likeness (QED) is 0.472. The molecule has 0 spiro atoms. The van der Waals surface area contributed by atoms with Crippen LogP contribution in [0.25, 0.3) is 0 Å². The number of anilines is 1. The second kappa shape index (κ2) is 8.23. The Balaban J connectivity index is 1.44. The number of rotatable bonds is 6. The van der Waals surface area contributed by atoms with Crippen molar-refractivity contribution in [3.63, 3.8) is 0 Å². The molecule has 9 nitrogen and oxygen atoms in total. The molecule has 2 aliphatic heterocycles. The Labute approximate surface area is 183 Å². The largest absolute Gasteiger partial charge is 0.493 e. The van der Waals surface area contributed by atoms with Crippen LogP contribution in [0, 0.1) is 0 Å². The van der Waals surface area contributed by atoms with Gasteiger partial charge >= 0.3 is 5.97 Å². The fourth-order valence-electron chi connectivity index (χ4n) is 3.17. The monoisotopic (exact) mass is 462 g/mol. The van der Waals surface area contributed by atoms with E-state index in [0.717, 1.165) is 5.69 Å². The number of Topliss-reactive ketones (excluding diaryl/α,β-unsaturated/α-hetero) is 1. The molecule has 0 unspecified atom stereocenters. The first-order valence-corrected chi connectivity index (χ1v) is 11.6. The summed E-state index contributed by atoms with van der Waals surface area (Å²) in [6, 6.07) is 9.59. The van der Waals surface area contributed by atoms with E-state index in [0.29, 0.717) is 33.7 Å². The minimum absolute atomic E-state index is 0.0570. The Bertz CT molecular complexity index is 1210. The normalized spacial score (nSPS) is 16.1. The number of fused-ring (bicyclic) bond motifs is 3. The Morgan fingerprint density at radius 2 is 1.81 bits per heavy atom. The van der Waals surface area contributed by atoms with E-state index in [-0.39, 0.29) is 17.1 Å². The molecule has 11 heteroatoms. The fraction of sp³-hybridized carbons (Fsp3) is 0.250. The number of ketones is 1. The molecule has 31 heavy (non-hydrogen) atoms. The van der Waals surface area contributed by atoms with Crippen molar-refractivity contribution >= 4 is 44.4 Å². The molecule has 2 aromatic carbocycles. The van der Waals surface area contributed by atoms with Gasteiger partial charge in [0.2, 0.25) is 0 Å². The van der Waals surface area contributed by atoms with Crippen LogP contribution in [0.5, 0.6) is 11.5 Å². The molecule has 2 heterocycles. The molecule has 0 atom stereocenters. The lowest BCUT2D eigenvalue weighted by Gasteiger charge is -2.22. The van der Waals surface area contributed by atoms with Crippen LogP contribution < -0.4 is 14.4 Å². The van der Waals surface area contributed by atoms with Crippen LogP contribution in [-0.4, -0.2) is 58.5 Å². The lowest BCUT2D eigenvalue weighted by molar-refractivity contribution is 0.0474. The van der Waals surface area contributed by atoms with E-state index in [1.54, 1.807) is 35.2 Å². The molecular formula is C20H18N2O7S2. The minimum Gasteiger partial charge on any atom is -0.493 e. The minimum atomic E-state index is -3.46. The summed E-state index contributed by atoms with van der Waals surface area (Å²) in [6.07, 6.45) is 0. The summed E-state index contributed by atoms with van der Waals surface area (Å²) in [4.78, 5) is 27.4. The molecule has 4 rings (SSSR count). The van der Waals surface area contributed by atoms with Crippen LogP contribution in [0.4, 0.5) is 5.69 Å². The van der Waals surface area contributed by atoms with Gasteiger partial charge in [-0.15, -0.1) is 4.40 Å². The Kier molecular flexibility index (Phi) is 5.63. The zero-order valence-corrected chi connectivity index (χ0v) is 18.3. The number of nitrogens with zero attached hydrogens (tertiary/aromatic N) is 2. The van der Waals surface area contributed by atoms with Gasteiger partial charge in [-0.1, -0.05) is 0 Å². The highest BCUT2D eigenvalue weighted by molar-refractivity contribution is 8.15. The summed E-state index contributed by atoms with van der Waals surface area (Å²) in [5.74, 6) is -0.214. The first kappa shape index (κ1) is 21.2. The number of esters is 1. The summed E-state index contributed by atoms with van der Waals surface area (Å²) >= 11 is 1.18. The molecule has 0 aromatic heterocycles. The highest BCUT2D eigenvalue weighted by Gasteiger charge is 2.33. The van der Waals surface area contributed by atoms with Gasteiger partial charge in [-0.2, -0.15) is 0 Å². The number of thioether (sulfide) groups is 1. The van der Waals surface area contributed by atoms with Crippen molar-refractivity contribution in [1.82, 2.24) is 0 Å². The van der Waals surface area contributed by atoms with Gasteiger partial charge in [0.05, 0.1) is 31.2 Å². The third-order valence-corrected chi connectivity index (χ3v) is 7.05. The molecule has 162 valence electrons. The molecular weight excluding hydrogens is 444 g/mol. The number of carbonyl (C=O) groups is 2. The maximum absolute atomic E-state index is 12.5. The first-order chi connectivity index (χ1) is 14.8. The molecule has 0 saturated carbocycles. The predicted molar refractivity (Wildman–Crippen MR) is 115 cm³/mol. The number of carbonyl (C=O) groups excluding carboxylic acids is 2.